The molecule has 3 atom stereocenters. The Bertz CT molecular complexity index is 998. The molecule has 0 amide bonds. The van der Waals surface area contributed by atoms with Crippen molar-refractivity contribution in [2.24, 2.45) is 11.2 Å². The standard InChI is InChI=1S/C24H24F2N2O4/c25-19-6-1-16(2-7-19)23(31)14-5-18(15-29)24(17-3-12-22(30)13-4-17)28(27-32)21-10-8-20(26)9-11-21/h1-4,6-13,18,23-24,29-31H,5,14-15H2/t18-,23-,24+/m0/s1. The number of hydrogen-bond donors (Lipinski definition) is 3. The van der Waals surface area contributed by atoms with Crippen LogP contribution >= 0.6 is 0 Å². The summed E-state index contributed by atoms with van der Waals surface area (Å²) in [5, 5.41) is 34.6. The smallest absolute Gasteiger partial charge is 0.123 e. The van der Waals surface area contributed by atoms with Gasteiger partial charge in [-0.3, -0.25) is 0 Å². The Kier molecular flexibility index (Phi) is 7.86. The van der Waals surface area contributed by atoms with Crippen molar-refractivity contribution in [3.63, 3.8) is 0 Å². The molecule has 0 bridgehead atoms. The lowest BCUT2D eigenvalue weighted by Crippen LogP contribution is -2.32. The zero-order valence-corrected chi connectivity index (χ0v) is 17.2. The van der Waals surface area contributed by atoms with E-state index in [0.717, 1.165) is 5.01 Å². The maximum absolute atomic E-state index is 13.4. The number of aliphatic hydroxyl groups excluding tert-OH is 2. The Morgan fingerprint density at radius 1 is 0.812 bits per heavy atom. The van der Waals surface area contributed by atoms with Gasteiger partial charge in [0.25, 0.3) is 0 Å². The summed E-state index contributed by atoms with van der Waals surface area (Å²) >= 11 is 0. The first-order valence-corrected chi connectivity index (χ1v) is 10.1. The number of rotatable bonds is 10. The molecule has 3 N–H and O–H groups in total. The highest BCUT2D eigenvalue weighted by molar-refractivity contribution is 5.48. The van der Waals surface area contributed by atoms with Gasteiger partial charge < -0.3 is 15.3 Å². The number of phenolic OH excluding ortho intramolecular Hbond substituents is 1. The molecule has 168 valence electrons. The van der Waals surface area contributed by atoms with Gasteiger partial charge in [-0.25, -0.2) is 13.8 Å². The van der Waals surface area contributed by atoms with Crippen molar-refractivity contribution in [3.05, 3.63) is 100 Å². The van der Waals surface area contributed by atoms with Gasteiger partial charge in [-0.15, -0.1) is 4.91 Å². The predicted molar refractivity (Wildman–Crippen MR) is 117 cm³/mol. The van der Waals surface area contributed by atoms with Crippen LogP contribution in [0.5, 0.6) is 5.75 Å². The number of halogens is 2. The van der Waals surface area contributed by atoms with E-state index in [1.165, 1.54) is 60.7 Å². The molecule has 3 aromatic rings. The normalized spacial score (nSPS) is 13.9. The van der Waals surface area contributed by atoms with E-state index < -0.39 is 29.7 Å². The number of benzene rings is 3. The quantitative estimate of drug-likeness (QED) is 0.303. The van der Waals surface area contributed by atoms with E-state index in [-0.39, 0.29) is 18.8 Å². The third-order valence-electron chi connectivity index (χ3n) is 5.42. The fraction of sp³-hybridized carbons (Fsp3) is 0.250. The van der Waals surface area contributed by atoms with Crippen LogP contribution in [0.1, 0.15) is 36.1 Å². The zero-order valence-electron chi connectivity index (χ0n) is 17.2. The van der Waals surface area contributed by atoms with Crippen molar-refractivity contribution in [1.82, 2.24) is 0 Å². The van der Waals surface area contributed by atoms with Crippen molar-refractivity contribution in [3.8, 4) is 5.75 Å². The number of aromatic hydroxyl groups is 1. The van der Waals surface area contributed by atoms with Gasteiger partial charge in [0, 0.05) is 12.5 Å². The molecule has 6 nitrogen and oxygen atoms in total. The van der Waals surface area contributed by atoms with Crippen molar-refractivity contribution in [2.75, 3.05) is 11.6 Å². The second-order valence-corrected chi connectivity index (χ2v) is 7.53. The maximum atomic E-state index is 13.4. The molecule has 0 heterocycles. The van der Waals surface area contributed by atoms with Gasteiger partial charge in [-0.05, 0) is 72.5 Å². The number of nitroso groups, excluding NO2 is 1. The summed E-state index contributed by atoms with van der Waals surface area (Å²) in [6.45, 7) is -0.325. The van der Waals surface area contributed by atoms with Gasteiger partial charge in [0.2, 0.25) is 0 Å². The lowest BCUT2D eigenvalue weighted by molar-refractivity contribution is 0.133. The van der Waals surface area contributed by atoms with E-state index in [0.29, 0.717) is 23.2 Å². The van der Waals surface area contributed by atoms with Crippen LogP contribution in [0.2, 0.25) is 0 Å². The van der Waals surface area contributed by atoms with E-state index in [1.54, 1.807) is 12.1 Å². The van der Waals surface area contributed by atoms with Gasteiger partial charge in [0.05, 0.1) is 23.1 Å². The number of aliphatic hydroxyl groups is 2. The molecule has 0 aliphatic heterocycles. The first-order chi connectivity index (χ1) is 15.4. The average molecular weight is 442 g/mol. The molecule has 8 heteroatoms. The Balaban J connectivity index is 1.89. The topological polar surface area (TPSA) is 93.4 Å². The van der Waals surface area contributed by atoms with Crippen LogP contribution in [0.4, 0.5) is 14.5 Å². The van der Waals surface area contributed by atoms with Crippen LogP contribution in [0, 0.1) is 22.5 Å². The first kappa shape index (κ1) is 23.3. The molecule has 0 radical (unpaired) electrons. The summed E-state index contributed by atoms with van der Waals surface area (Å²) in [6, 6.07) is 16.1. The highest BCUT2D eigenvalue weighted by Gasteiger charge is 2.31. The van der Waals surface area contributed by atoms with Gasteiger partial charge in [0.1, 0.15) is 17.4 Å². The Morgan fingerprint density at radius 2 is 1.34 bits per heavy atom. The monoisotopic (exact) mass is 442 g/mol. The minimum atomic E-state index is -0.895. The van der Waals surface area contributed by atoms with E-state index in [1.807, 2.05) is 0 Å². The minimum absolute atomic E-state index is 0.0344. The number of nitrogens with zero attached hydrogens (tertiary/aromatic N) is 2. The summed E-state index contributed by atoms with van der Waals surface area (Å²) in [5.74, 6) is -1.39. The molecule has 3 rings (SSSR count). The Hall–Kier alpha value is -3.36. The Morgan fingerprint density at radius 3 is 1.88 bits per heavy atom. The number of phenols is 1. The second-order valence-electron chi connectivity index (χ2n) is 7.53. The van der Waals surface area contributed by atoms with E-state index >= 15 is 0 Å². The van der Waals surface area contributed by atoms with Crippen molar-refractivity contribution in [2.45, 2.75) is 25.0 Å². The van der Waals surface area contributed by atoms with Crippen LogP contribution in [-0.2, 0) is 0 Å². The van der Waals surface area contributed by atoms with Gasteiger partial charge in [-0.1, -0.05) is 24.3 Å². The third-order valence-corrected chi connectivity index (χ3v) is 5.42. The lowest BCUT2D eigenvalue weighted by atomic mass is 9.87. The molecular formula is C24H24F2N2O4. The molecule has 0 unspecified atom stereocenters. The summed E-state index contributed by atoms with van der Waals surface area (Å²) in [7, 11) is 0. The highest BCUT2D eigenvalue weighted by Crippen LogP contribution is 2.37. The first-order valence-electron chi connectivity index (χ1n) is 10.1. The minimum Gasteiger partial charge on any atom is -0.508 e. The van der Waals surface area contributed by atoms with E-state index in [4.69, 9.17) is 0 Å². The van der Waals surface area contributed by atoms with Crippen molar-refractivity contribution in [1.29, 1.82) is 0 Å². The van der Waals surface area contributed by atoms with E-state index in [9.17, 15) is 29.0 Å². The third kappa shape index (κ3) is 5.66. The average Bonchev–Trinajstić information content (AvgIpc) is 2.80. The molecule has 0 aliphatic carbocycles. The SMILES string of the molecule is O=NN(c1ccc(F)cc1)[C@H](c1ccc(O)cc1)[C@H](CO)CC[C@H](O)c1ccc(F)cc1. The largest absolute Gasteiger partial charge is 0.508 e. The molecular weight excluding hydrogens is 418 g/mol. The maximum Gasteiger partial charge on any atom is 0.123 e. The summed E-state index contributed by atoms with van der Waals surface area (Å²) < 4.78 is 26.5. The predicted octanol–water partition coefficient (Wildman–Crippen LogP) is 5.02. The molecule has 0 aliphatic rings. The lowest BCUT2D eigenvalue weighted by Gasteiger charge is -2.33. The van der Waals surface area contributed by atoms with Gasteiger partial charge in [0.15, 0.2) is 0 Å². The molecule has 0 saturated carbocycles. The number of anilines is 1. The number of hydrogen-bond acceptors (Lipinski definition) is 5. The zero-order chi connectivity index (χ0) is 23.1. The second kappa shape index (κ2) is 10.8. The van der Waals surface area contributed by atoms with Crippen LogP contribution < -0.4 is 5.01 Å². The van der Waals surface area contributed by atoms with Crippen molar-refractivity contribution < 1.29 is 24.1 Å². The molecule has 0 fully saturated rings. The van der Waals surface area contributed by atoms with Crippen LogP contribution in [0.15, 0.2) is 78.1 Å². The van der Waals surface area contributed by atoms with Crippen LogP contribution in [0.3, 0.4) is 0 Å². The summed E-state index contributed by atoms with van der Waals surface area (Å²) in [6.07, 6.45) is -0.358. The fourth-order valence-electron chi connectivity index (χ4n) is 3.71. The molecule has 3 aromatic carbocycles. The highest BCUT2D eigenvalue weighted by atomic mass is 19.1. The van der Waals surface area contributed by atoms with Crippen LogP contribution in [0.25, 0.3) is 0 Å². The summed E-state index contributed by atoms with van der Waals surface area (Å²) in [4.78, 5) is 11.9. The van der Waals surface area contributed by atoms with Crippen LogP contribution in [-0.4, -0.2) is 21.9 Å². The summed E-state index contributed by atoms with van der Waals surface area (Å²) in [5.41, 5.74) is 1.47. The van der Waals surface area contributed by atoms with E-state index in [2.05, 4.69) is 5.29 Å². The van der Waals surface area contributed by atoms with Gasteiger partial charge in [-0.2, -0.15) is 0 Å². The molecule has 0 aromatic heterocycles. The van der Waals surface area contributed by atoms with Crippen molar-refractivity contribution >= 4 is 5.69 Å². The molecule has 0 saturated heterocycles. The molecule has 0 spiro atoms. The molecule has 32 heavy (non-hydrogen) atoms. The fourth-order valence-corrected chi connectivity index (χ4v) is 3.71. The Labute approximate surface area is 184 Å². The van der Waals surface area contributed by atoms with Gasteiger partial charge >= 0.3 is 0 Å².